The number of rotatable bonds is 9. The third-order valence-electron chi connectivity index (χ3n) is 7.82. The number of benzene rings is 1. The van der Waals surface area contributed by atoms with E-state index in [-0.39, 0.29) is 48.8 Å². The van der Waals surface area contributed by atoms with Crippen LogP contribution in [0.3, 0.4) is 0 Å². The van der Waals surface area contributed by atoms with Crippen molar-refractivity contribution in [2.24, 2.45) is 10.4 Å². The number of carbonyl (C=O) groups excluding carboxylic acids is 1. The second kappa shape index (κ2) is 11.8. The standard InChI is InChI=1S/C27H28ClF4N5O5S/c1-26(2,25(39)40)6-8-37-21-16(11-42-37)36(12-27(21,31)32)10-15-17(24(38)41-3)20(13-4-5-14(29)19(30)18(13)28)35-22(34-15)23-33-7-9-43-23/h4-5,7,9,16,20-21H,6,8,10-12H2,1-3H3,(H,34,35)(H,39,40)/t16-,20+,21+/m1/s1. The van der Waals surface area contributed by atoms with Crippen LogP contribution in [0.2, 0.25) is 5.02 Å². The van der Waals surface area contributed by atoms with Crippen LogP contribution in [0, 0.1) is 17.0 Å². The number of nitrogens with one attached hydrogen (secondary N) is 1. The molecular weight excluding hydrogens is 618 g/mol. The fraction of sp³-hybridized carbons (Fsp3) is 0.481. The predicted molar refractivity (Wildman–Crippen MR) is 148 cm³/mol. The summed E-state index contributed by atoms with van der Waals surface area (Å²) in [6, 6.07) is -1.41. The van der Waals surface area contributed by atoms with Crippen LogP contribution in [0.4, 0.5) is 17.6 Å². The molecule has 3 aliphatic heterocycles. The minimum Gasteiger partial charge on any atom is -0.481 e. The quantitative estimate of drug-likeness (QED) is 0.237. The molecule has 0 unspecified atom stereocenters. The van der Waals surface area contributed by atoms with E-state index in [1.165, 1.54) is 42.3 Å². The van der Waals surface area contributed by atoms with E-state index in [9.17, 15) is 23.5 Å². The third kappa shape index (κ3) is 5.88. The molecule has 0 bridgehead atoms. The second-order valence-corrected chi connectivity index (χ2v) is 12.3. The molecule has 2 fully saturated rings. The number of hydroxylamine groups is 2. The number of carboxylic acids is 1. The monoisotopic (exact) mass is 645 g/mol. The van der Waals surface area contributed by atoms with Gasteiger partial charge in [-0.25, -0.2) is 27.3 Å². The highest BCUT2D eigenvalue weighted by molar-refractivity contribution is 7.11. The molecule has 0 aliphatic carbocycles. The zero-order valence-electron chi connectivity index (χ0n) is 23.2. The van der Waals surface area contributed by atoms with Crippen LogP contribution in [0.5, 0.6) is 0 Å². The number of hydrogen-bond acceptors (Lipinski definition) is 10. The molecule has 1 aromatic heterocycles. The molecule has 2 saturated heterocycles. The largest absolute Gasteiger partial charge is 0.481 e. The minimum absolute atomic E-state index is 0.0319. The van der Waals surface area contributed by atoms with Gasteiger partial charge in [-0.15, -0.1) is 11.3 Å². The number of ether oxygens (including phenoxy) is 1. The van der Waals surface area contributed by atoms with E-state index in [1.807, 2.05) is 0 Å². The van der Waals surface area contributed by atoms with Gasteiger partial charge in [0, 0.05) is 35.9 Å². The Balaban J connectivity index is 1.51. The van der Waals surface area contributed by atoms with Crippen molar-refractivity contribution >= 4 is 40.7 Å². The number of carbonyl (C=O) groups is 2. The molecule has 43 heavy (non-hydrogen) atoms. The molecule has 5 rings (SSSR count). The lowest BCUT2D eigenvalue weighted by atomic mass is 9.89. The van der Waals surface area contributed by atoms with E-state index in [4.69, 9.17) is 21.2 Å². The summed E-state index contributed by atoms with van der Waals surface area (Å²) in [5.41, 5.74) is -1.17. The molecule has 232 valence electrons. The number of carboxylic acid groups (broad SMARTS) is 1. The summed E-state index contributed by atoms with van der Waals surface area (Å²) in [6.45, 7) is 1.98. The highest BCUT2D eigenvalue weighted by Crippen LogP contribution is 2.43. The average Bonchev–Trinajstić information content (AvgIpc) is 3.69. The van der Waals surface area contributed by atoms with Gasteiger partial charge in [0.1, 0.15) is 12.1 Å². The number of nitrogens with zero attached hydrogens (tertiary/aromatic N) is 4. The maximum atomic E-state index is 15.5. The normalized spacial score (nSPS) is 24.1. The summed E-state index contributed by atoms with van der Waals surface area (Å²) in [5, 5.41) is 15.1. The summed E-state index contributed by atoms with van der Waals surface area (Å²) in [4.78, 5) is 40.6. The predicted octanol–water partition coefficient (Wildman–Crippen LogP) is 4.03. The van der Waals surface area contributed by atoms with Gasteiger partial charge in [-0.05, 0) is 26.3 Å². The fourth-order valence-corrected chi connectivity index (χ4v) is 6.23. The van der Waals surface area contributed by atoms with E-state index < -0.39 is 64.6 Å². The van der Waals surface area contributed by atoms with E-state index in [2.05, 4.69) is 15.3 Å². The van der Waals surface area contributed by atoms with Gasteiger partial charge < -0.3 is 15.2 Å². The third-order valence-corrected chi connectivity index (χ3v) is 8.99. The van der Waals surface area contributed by atoms with Crippen LogP contribution < -0.4 is 5.32 Å². The van der Waals surface area contributed by atoms with Gasteiger partial charge in [0.2, 0.25) is 0 Å². The number of methoxy groups -OCH3 is 1. The van der Waals surface area contributed by atoms with Crippen molar-refractivity contribution in [1.29, 1.82) is 0 Å². The molecule has 4 heterocycles. The Hall–Kier alpha value is -3.11. The summed E-state index contributed by atoms with van der Waals surface area (Å²) >= 11 is 7.39. The Morgan fingerprint density at radius 2 is 2.07 bits per heavy atom. The molecule has 16 heteroatoms. The zero-order chi connectivity index (χ0) is 31.3. The Morgan fingerprint density at radius 1 is 1.33 bits per heavy atom. The van der Waals surface area contributed by atoms with Crippen molar-refractivity contribution in [3.63, 3.8) is 0 Å². The van der Waals surface area contributed by atoms with E-state index in [0.717, 1.165) is 18.2 Å². The lowest BCUT2D eigenvalue weighted by molar-refractivity contribution is -0.186. The molecule has 3 aliphatic rings. The van der Waals surface area contributed by atoms with Crippen LogP contribution in [0.25, 0.3) is 0 Å². The summed E-state index contributed by atoms with van der Waals surface area (Å²) in [5.74, 6) is -7.53. The number of esters is 1. The van der Waals surface area contributed by atoms with Crippen molar-refractivity contribution in [2.45, 2.75) is 44.3 Å². The first-order valence-electron chi connectivity index (χ1n) is 13.2. The molecular formula is C27H28ClF4N5O5S. The number of aromatic nitrogens is 1. The Morgan fingerprint density at radius 3 is 2.72 bits per heavy atom. The number of halogens is 5. The van der Waals surface area contributed by atoms with Gasteiger partial charge in [0.15, 0.2) is 22.5 Å². The van der Waals surface area contributed by atoms with Gasteiger partial charge in [0.25, 0.3) is 5.92 Å². The Bertz CT molecular complexity index is 1490. The molecule has 0 radical (unpaired) electrons. The minimum atomic E-state index is -3.25. The summed E-state index contributed by atoms with van der Waals surface area (Å²) in [6.07, 6.45) is 1.59. The molecule has 2 N–H and O–H groups in total. The number of aliphatic imine (C=N–C) groups is 1. The van der Waals surface area contributed by atoms with Crippen molar-refractivity contribution in [3.05, 3.63) is 62.2 Å². The lowest BCUT2D eigenvalue weighted by Gasteiger charge is -2.30. The number of hydrogen-bond donors (Lipinski definition) is 2. The van der Waals surface area contributed by atoms with E-state index >= 15 is 8.78 Å². The average molecular weight is 646 g/mol. The molecule has 3 atom stereocenters. The van der Waals surface area contributed by atoms with Gasteiger partial charge in [-0.2, -0.15) is 5.06 Å². The van der Waals surface area contributed by atoms with Gasteiger partial charge in [-0.1, -0.05) is 17.7 Å². The highest BCUT2D eigenvalue weighted by atomic mass is 35.5. The Labute approximate surface area is 252 Å². The molecule has 0 amide bonds. The van der Waals surface area contributed by atoms with Crippen molar-refractivity contribution in [3.8, 4) is 0 Å². The number of amidine groups is 1. The maximum absolute atomic E-state index is 15.5. The lowest BCUT2D eigenvalue weighted by Crippen LogP contribution is -2.46. The Kier molecular flexibility index (Phi) is 8.57. The zero-order valence-corrected chi connectivity index (χ0v) is 24.8. The van der Waals surface area contributed by atoms with Crippen molar-refractivity contribution in [2.75, 3.05) is 33.4 Å². The molecule has 10 nitrogen and oxygen atoms in total. The summed E-state index contributed by atoms with van der Waals surface area (Å²) in [7, 11) is 1.12. The second-order valence-electron chi connectivity index (χ2n) is 11.0. The van der Waals surface area contributed by atoms with E-state index in [1.54, 1.807) is 5.38 Å². The number of fused-ring (bicyclic) bond motifs is 1. The van der Waals surface area contributed by atoms with Crippen molar-refractivity contribution < 1.29 is 41.8 Å². The first kappa shape index (κ1) is 31.3. The molecule has 0 saturated carbocycles. The summed E-state index contributed by atoms with van der Waals surface area (Å²) < 4.78 is 64.5. The SMILES string of the molecule is COC(=O)C1=C(CN2CC(F)(F)[C@@H]3[C@H]2CON3CCC(C)(C)C(=O)O)NC(c2nccs2)=N[C@H]1c1ccc(F)c(F)c1Cl. The van der Waals surface area contributed by atoms with Crippen molar-refractivity contribution in [1.82, 2.24) is 20.3 Å². The van der Waals surface area contributed by atoms with Crippen LogP contribution >= 0.6 is 22.9 Å². The van der Waals surface area contributed by atoms with Crippen LogP contribution in [0.15, 0.2) is 40.0 Å². The number of alkyl halides is 2. The van der Waals surface area contributed by atoms with Crippen LogP contribution in [-0.4, -0.2) is 89.2 Å². The smallest absolute Gasteiger partial charge is 0.338 e. The maximum Gasteiger partial charge on any atom is 0.338 e. The molecule has 2 aromatic rings. The first-order valence-corrected chi connectivity index (χ1v) is 14.4. The van der Waals surface area contributed by atoms with Gasteiger partial charge >= 0.3 is 11.9 Å². The number of aliphatic carboxylic acids is 1. The molecule has 1 aromatic carbocycles. The number of thiazole rings is 1. The first-order chi connectivity index (χ1) is 20.2. The van der Waals surface area contributed by atoms with Gasteiger partial charge in [-0.3, -0.25) is 19.5 Å². The topological polar surface area (TPSA) is 117 Å². The molecule has 0 spiro atoms. The fourth-order valence-electron chi connectivity index (χ4n) is 5.39. The van der Waals surface area contributed by atoms with Gasteiger partial charge in [0.05, 0.1) is 42.3 Å². The van der Waals surface area contributed by atoms with Crippen LogP contribution in [-0.2, 0) is 19.2 Å². The number of likely N-dealkylation sites (tertiary alicyclic amines) is 1. The van der Waals surface area contributed by atoms with Crippen LogP contribution in [0.1, 0.15) is 36.9 Å². The highest BCUT2D eigenvalue weighted by Gasteiger charge is 2.61. The van der Waals surface area contributed by atoms with E-state index in [0.29, 0.717) is 5.01 Å².